The van der Waals surface area contributed by atoms with E-state index in [4.69, 9.17) is 10.3 Å². The molecule has 311 valence electrons. The van der Waals surface area contributed by atoms with Gasteiger partial charge in [0.25, 0.3) is 0 Å². The van der Waals surface area contributed by atoms with E-state index in [1.54, 1.807) is 0 Å². The van der Waals surface area contributed by atoms with Crippen molar-refractivity contribution >= 4 is 17.1 Å². The number of hydrogen-bond donors (Lipinski definition) is 0. The molecular weight excluding hydrogens is 846 g/mol. The van der Waals surface area contributed by atoms with E-state index in [1.165, 1.54) is 33.4 Å². The molecule has 0 unspecified atom stereocenters. The minimum absolute atomic E-state index is 0. The molecule has 0 saturated carbocycles. The average Bonchev–Trinajstić information content (AvgIpc) is 3.01. The second-order valence-electron chi connectivity index (χ2n) is 19.5. The van der Waals surface area contributed by atoms with Gasteiger partial charge in [-0.1, -0.05) is 179 Å². The minimum Gasteiger partial charge on any atom is -0.872 e. The van der Waals surface area contributed by atoms with Crippen molar-refractivity contribution in [3.8, 4) is 11.5 Å². The summed E-state index contributed by atoms with van der Waals surface area (Å²) in [6.45, 7) is 41.7. The van der Waals surface area contributed by atoms with Gasteiger partial charge in [0.1, 0.15) is 0 Å². The maximum atomic E-state index is 12.4. The number of para-hydroxylation sites is 2. The van der Waals surface area contributed by atoms with E-state index in [9.17, 15) is 10.2 Å². The Morgan fingerprint density at radius 3 is 1.09 bits per heavy atom. The van der Waals surface area contributed by atoms with Crippen LogP contribution in [-0.4, -0.2) is 5.71 Å². The van der Waals surface area contributed by atoms with Gasteiger partial charge in [-0.3, -0.25) is 4.99 Å². The summed E-state index contributed by atoms with van der Waals surface area (Å²) in [6.07, 6.45) is 2.04. The number of benzene rings is 4. The molecule has 0 atom stereocenters. The molecule has 4 aromatic carbocycles. The third-order valence-electron chi connectivity index (χ3n) is 9.57. The van der Waals surface area contributed by atoms with E-state index < -0.39 is 0 Å². The Balaban J connectivity index is 0.000000428. The first-order chi connectivity index (χ1) is 24.9. The summed E-state index contributed by atoms with van der Waals surface area (Å²) in [6, 6.07) is 20.6. The monoisotopic (exact) mass is 917 g/mol. The van der Waals surface area contributed by atoms with Gasteiger partial charge in [-0.25, -0.2) is 0 Å². The Labute approximate surface area is 381 Å². The molecule has 0 N–H and O–H groups in total. The average molecular weight is 917 g/mol. The maximum Gasteiger partial charge on any atom is 3.00 e. The van der Waals surface area contributed by atoms with E-state index in [0.29, 0.717) is 0 Å². The third-order valence-corrected chi connectivity index (χ3v) is 9.57. The van der Waals surface area contributed by atoms with E-state index in [-0.39, 0.29) is 80.1 Å². The maximum absolute atomic E-state index is 12.4. The Kier molecular flexibility index (Phi) is 18.5. The van der Waals surface area contributed by atoms with E-state index in [0.717, 1.165) is 45.0 Å². The van der Waals surface area contributed by atoms with Gasteiger partial charge in [0.05, 0.1) is 5.69 Å². The van der Waals surface area contributed by atoms with Gasteiger partial charge in [0.2, 0.25) is 0 Å². The summed E-state index contributed by atoms with van der Waals surface area (Å²) in [4.78, 5) is 4.76. The first-order valence-electron chi connectivity index (χ1n) is 19.7. The van der Waals surface area contributed by atoms with Crippen LogP contribution in [0, 0.1) is 88.5 Å². The van der Waals surface area contributed by atoms with Gasteiger partial charge in [-0.05, 0) is 104 Å². The van der Waals surface area contributed by atoms with Crippen molar-refractivity contribution in [3.05, 3.63) is 133 Å². The fraction of sp³-hybridized carbons (Fsp3) is 0.471. The molecule has 0 aliphatic carbocycles. The topological polar surface area (TPSA) is 72.6 Å². The molecule has 4 rings (SSSR count). The normalized spacial score (nSPS) is 12.5. The van der Waals surface area contributed by atoms with Crippen LogP contribution in [0.2, 0.25) is 0 Å². The van der Waals surface area contributed by atoms with Crippen molar-refractivity contribution < 1.29 is 57.1 Å². The summed E-state index contributed by atoms with van der Waals surface area (Å²) in [7, 11) is 0. The van der Waals surface area contributed by atoms with Crippen molar-refractivity contribution in [2.75, 3.05) is 0 Å². The van der Waals surface area contributed by atoms with Crippen LogP contribution in [0.25, 0.3) is 5.32 Å². The standard InChI is InChI=1S/C21H25N2.2C15H24O.Yb/c1-14-9-7-10-15(2)20(14)22-18(5)13-19(6)23-21-16(3)11-8-12-17(21)4;2*1-10-8-11(14(2,3)4)13(16)12(9-10)15(5,6)7;/h7-13H,1-6H3;2*8-9,16H,1-7H3;/q-1;;;+3/p-2/b18-13-,23-19?;;;. The molecule has 0 heterocycles. The molecule has 0 fully saturated rings. The van der Waals surface area contributed by atoms with Crippen LogP contribution in [0.1, 0.15) is 153 Å². The first-order valence-corrected chi connectivity index (χ1v) is 19.7. The second-order valence-corrected chi connectivity index (χ2v) is 19.5. The second kappa shape index (κ2) is 20.3. The Morgan fingerprint density at radius 2 is 0.804 bits per heavy atom. The van der Waals surface area contributed by atoms with Gasteiger partial charge in [0, 0.05) is 5.71 Å². The number of hydrogen-bond acceptors (Lipinski definition) is 3. The summed E-state index contributed by atoms with van der Waals surface area (Å²) in [5.74, 6) is 0.427. The predicted octanol–water partition coefficient (Wildman–Crippen LogP) is 13.9. The Morgan fingerprint density at radius 1 is 0.518 bits per heavy atom. The number of allylic oxidation sites excluding steroid dienone is 2. The largest absolute Gasteiger partial charge is 3.00 e. The van der Waals surface area contributed by atoms with Crippen molar-refractivity contribution in [2.24, 2.45) is 4.99 Å². The molecule has 0 aliphatic heterocycles. The van der Waals surface area contributed by atoms with Gasteiger partial charge >= 0.3 is 46.9 Å². The van der Waals surface area contributed by atoms with Crippen LogP contribution in [0.5, 0.6) is 11.5 Å². The molecule has 4 aromatic rings. The predicted molar refractivity (Wildman–Crippen MR) is 237 cm³/mol. The Bertz CT molecular complexity index is 1820. The van der Waals surface area contributed by atoms with Crippen molar-refractivity contribution in [2.45, 2.75) is 160 Å². The zero-order valence-electron chi connectivity index (χ0n) is 38.3. The third kappa shape index (κ3) is 14.9. The summed E-state index contributed by atoms with van der Waals surface area (Å²) in [5.41, 5.74) is 14.6. The fourth-order valence-corrected chi connectivity index (χ4v) is 6.46. The van der Waals surface area contributed by atoms with Crippen LogP contribution < -0.4 is 10.2 Å². The van der Waals surface area contributed by atoms with E-state index >= 15 is 0 Å². The first kappa shape index (κ1) is 51.2. The SMILES string of the molecule is CC(/C=C(/C)[N-]c1c(C)cccc1C)=Nc1c(C)cccc1C.Cc1cc(C(C)(C)C)c([O-])c(C(C)(C)C)c1.Cc1cc(C(C)(C)C)c([O-])c(C(C)(C)C)c1.[Yb+3]. The van der Waals surface area contributed by atoms with Gasteiger partial charge in [-0.2, -0.15) is 5.70 Å². The van der Waals surface area contributed by atoms with E-state index in [2.05, 4.69) is 161 Å². The molecule has 5 heteroatoms. The van der Waals surface area contributed by atoms with Crippen LogP contribution in [0.15, 0.2) is 77.4 Å². The van der Waals surface area contributed by atoms with Gasteiger partial charge in [-0.15, -0.1) is 17.2 Å². The number of aliphatic imine (C=N–C) groups is 1. The number of aryl methyl sites for hydroxylation is 6. The van der Waals surface area contributed by atoms with Crippen LogP contribution in [0.4, 0.5) is 11.4 Å². The summed E-state index contributed by atoms with van der Waals surface area (Å²) in [5, 5.41) is 29.6. The van der Waals surface area contributed by atoms with Gasteiger partial charge in [0.15, 0.2) is 0 Å². The Hall–Kier alpha value is -2.79. The zero-order valence-corrected chi connectivity index (χ0v) is 40.0. The summed E-state index contributed by atoms with van der Waals surface area (Å²) < 4.78 is 0. The van der Waals surface area contributed by atoms with Crippen LogP contribution in [-0.2, 0) is 21.7 Å². The molecule has 56 heavy (non-hydrogen) atoms. The molecule has 4 nitrogen and oxygen atoms in total. The van der Waals surface area contributed by atoms with Crippen molar-refractivity contribution in [1.29, 1.82) is 0 Å². The number of nitrogens with zero attached hydrogens (tertiary/aromatic N) is 2. The molecular formula is C51H71N2O2Yb. The van der Waals surface area contributed by atoms with Gasteiger partial charge < -0.3 is 15.5 Å². The minimum atomic E-state index is -0.0803. The fourth-order valence-electron chi connectivity index (χ4n) is 6.46. The van der Waals surface area contributed by atoms with Crippen LogP contribution >= 0.6 is 0 Å². The molecule has 0 aromatic heterocycles. The molecule has 0 spiro atoms. The molecule has 0 saturated heterocycles. The van der Waals surface area contributed by atoms with E-state index in [1.807, 2.05) is 44.2 Å². The van der Waals surface area contributed by atoms with Crippen molar-refractivity contribution in [3.63, 3.8) is 0 Å². The zero-order chi connectivity index (χ0) is 42.4. The molecule has 0 bridgehead atoms. The molecule has 0 aliphatic rings. The van der Waals surface area contributed by atoms with Crippen molar-refractivity contribution in [1.82, 2.24) is 0 Å². The molecule has 1 radical (unpaired) electrons. The summed E-state index contributed by atoms with van der Waals surface area (Å²) >= 11 is 0. The number of rotatable bonds is 4. The molecule has 0 amide bonds. The van der Waals surface area contributed by atoms with Crippen LogP contribution in [0.3, 0.4) is 0 Å². The smallest absolute Gasteiger partial charge is 0.872 e. The quantitative estimate of drug-likeness (QED) is 0.191.